The first-order valence-electron chi connectivity index (χ1n) is 2.59. The Kier molecular flexibility index (Phi) is 1.48. The molecular weight excluding hydrogens is 110 g/mol. The third-order valence-corrected chi connectivity index (χ3v) is 1.17. The van der Waals surface area contributed by atoms with Gasteiger partial charge in [0.25, 0.3) is 0 Å². The van der Waals surface area contributed by atoms with Gasteiger partial charge in [-0.25, -0.2) is 10.0 Å². The molecule has 0 bridgehead atoms. The first kappa shape index (κ1) is 5.97. The van der Waals surface area contributed by atoms with Crippen LogP contribution in [0.5, 0.6) is 0 Å². The molecular formula is C4H9NO3. The van der Waals surface area contributed by atoms with Crippen molar-refractivity contribution in [2.24, 2.45) is 0 Å². The number of hydrogen-bond donors (Lipinski definition) is 1. The monoisotopic (exact) mass is 119 g/mol. The Morgan fingerprint density at radius 1 is 1.38 bits per heavy atom. The molecule has 0 aromatic heterocycles. The maximum absolute atomic E-state index is 10.5. The summed E-state index contributed by atoms with van der Waals surface area (Å²) in [4.78, 5) is -1.12. The molecule has 1 aliphatic heterocycles. The van der Waals surface area contributed by atoms with E-state index in [1.54, 1.807) is 0 Å². The van der Waals surface area contributed by atoms with Gasteiger partial charge in [0, 0.05) is 0 Å². The smallest absolute Gasteiger partial charge is 0.132 e. The zero-order valence-corrected chi connectivity index (χ0v) is 4.54. The number of morpholine rings is 1. The van der Waals surface area contributed by atoms with Crippen LogP contribution in [0.1, 0.15) is 0 Å². The fraction of sp³-hybridized carbons (Fsp3) is 1.00. The van der Waals surface area contributed by atoms with Crippen LogP contribution in [0, 0.1) is 5.21 Å². The summed E-state index contributed by atoms with van der Waals surface area (Å²) >= 11 is 0. The average molecular weight is 119 g/mol. The molecule has 1 saturated heterocycles. The first-order chi connectivity index (χ1) is 3.71. The second kappa shape index (κ2) is 1.99. The topological polar surface area (TPSA) is 52.5 Å². The standard InChI is InChI=1S/C4H9NO3/c6-5(7)1-3-8-4-2-5/h6H,1-4H2. The predicted octanol–water partition coefficient (Wildman–Crippen LogP) is -0.280. The van der Waals surface area contributed by atoms with Crippen LogP contribution in [0.15, 0.2) is 0 Å². The summed E-state index contributed by atoms with van der Waals surface area (Å²) in [5, 5.41) is 19.2. The van der Waals surface area contributed by atoms with Gasteiger partial charge in [0.05, 0.1) is 13.2 Å². The summed E-state index contributed by atoms with van der Waals surface area (Å²) in [5.41, 5.74) is 0. The minimum Gasteiger partial charge on any atom is -0.598 e. The van der Waals surface area contributed by atoms with Crippen LogP contribution in [0.2, 0.25) is 0 Å². The van der Waals surface area contributed by atoms with Gasteiger partial charge in [0.1, 0.15) is 13.1 Å². The molecule has 1 N–H and O–H groups in total. The Labute approximate surface area is 47.4 Å². The summed E-state index contributed by atoms with van der Waals surface area (Å²) in [5.74, 6) is 0. The summed E-state index contributed by atoms with van der Waals surface area (Å²) in [6, 6.07) is 0. The van der Waals surface area contributed by atoms with Crippen molar-refractivity contribution in [3.05, 3.63) is 5.21 Å². The quantitative estimate of drug-likeness (QED) is 0.352. The van der Waals surface area contributed by atoms with Gasteiger partial charge in [-0.15, -0.1) is 0 Å². The largest absolute Gasteiger partial charge is 0.598 e. The third-order valence-electron chi connectivity index (χ3n) is 1.17. The molecule has 1 aliphatic rings. The van der Waals surface area contributed by atoms with Gasteiger partial charge < -0.3 is 9.94 Å². The van der Waals surface area contributed by atoms with Crippen molar-refractivity contribution in [3.63, 3.8) is 0 Å². The molecule has 1 fully saturated rings. The molecule has 1 rings (SSSR count). The molecule has 0 amide bonds. The predicted molar refractivity (Wildman–Crippen MR) is 26.0 cm³/mol. The van der Waals surface area contributed by atoms with Gasteiger partial charge in [-0.05, 0) is 0 Å². The average Bonchev–Trinajstić information content (AvgIpc) is 1.65. The Morgan fingerprint density at radius 3 is 2.12 bits per heavy atom. The van der Waals surface area contributed by atoms with E-state index in [1.165, 1.54) is 0 Å². The second-order valence-electron chi connectivity index (χ2n) is 1.91. The molecule has 48 valence electrons. The zero-order chi connectivity index (χ0) is 6.04. The Morgan fingerprint density at radius 2 is 1.88 bits per heavy atom. The molecule has 0 spiro atoms. The van der Waals surface area contributed by atoms with Gasteiger partial charge in [0.2, 0.25) is 0 Å². The van der Waals surface area contributed by atoms with Crippen LogP contribution in [0.4, 0.5) is 0 Å². The van der Waals surface area contributed by atoms with E-state index in [1.807, 2.05) is 0 Å². The number of hydroxylamine groups is 4. The van der Waals surface area contributed by atoms with E-state index in [-0.39, 0.29) is 13.1 Å². The molecule has 1 heterocycles. The van der Waals surface area contributed by atoms with Crippen LogP contribution < -0.4 is 0 Å². The summed E-state index contributed by atoms with van der Waals surface area (Å²) in [6.45, 7) is 1.08. The van der Waals surface area contributed by atoms with Crippen molar-refractivity contribution in [2.75, 3.05) is 26.3 Å². The molecule has 0 atom stereocenters. The van der Waals surface area contributed by atoms with E-state index in [0.717, 1.165) is 0 Å². The molecule has 0 saturated carbocycles. The van der Waals surface area contributed by atoms with Crippen molar-refractivity contribution in [1.82, 2.24) is 0 Å². The lowest BCUT2D eigenvalue weighted by atomic mass is 10.5. The lowest BCUT2D eigenvalue weighted by Gasteiger charge is -2.36. The van der Waals surface area contributed by atoms with Crippen LogP contribution in [0.25, 0.3) is 0 Å². The van der Waals surface area contributed by atoms with Crippen molar-refractivity contribution >= 4 is 0 Å². The maximum Gasteiger partial charge on any atom is 0.132 e. The van der Waals surface area contributed by atoms with Crippen molar-refractivity contribution in [2.45, 2.75) is 0 Å². The van der Waals surface area contributed by atoms with E-state index in [4.69, 9.17) is 9.94 Å². The first-order valence-corrected chi connectivity index (χ1v) is 2.59. The van der Waals surface area contributed by atoms with E-state index < -0.39 is 4.81 Å². The number of hydrogen-bond acceptors (Lipinski definition) is 3. The van der Waals surface area contributed by atoms with Gasteiger partial charge in [-0.2, -0.15) is 0 Å². The number of ether oxygens (including phenoxy) is 1. The molecule has 4 nitrogen and oxygen atoms in total. The highest BCUT2D eigenvalue weighted by Gasteiger charge is 2.17. The fourth-order valence-electron chi connectivity index (χ4n) is 0.628. The Hall–Kier alpha value is -0.160. The van der Waals surface area contributed by atoms with Crippen molar-refractivity contribution in [1.29, 1.82) is 0 Å². The highest BCUT2D eigenvalue weighted by atomic mass is 16.8. The van der Waals surface area contributed by atoms with Gasteiger partial charge in [0.15, 0.2) is 0 Å². The highest BCUT2D eigenvalue weighted by Crippen LogP contribution is 2.02. The third kappa shape index (κ3) is 1.41. The molecule has 0 aromatic rings. The minimum absolute atomic E-state index is 0.167. The van der Waals surface area contributed by atoms with Gasteiger partial charge >= 0.3 is 0 Å². The van der Waals surface area contributed by atoms with Crippen LogP contribution >= 0.6 is 0 Å². The van der Waals surface area contributed by atoms with Gasteiger partial charge in [-0.3, -0.25) is 0 Å². The summed E-state index contributed by atoms with van der Waals surface area (Å²) < 4.78 is 4.83. The highest BCUT2D eigenvalue weighted by molar-refractivity contribution is 4.41. The normalized spacial score (nSPS) is 27.8. The second-order valence-corrected chi connectivity index (χ2v) is 1.91. The number of quaternary nitrogens is 1. The Bertz CT molecular complexity index is 75.4. The minimum atomic E-state index is -1.12. The molecule has 8 heavy (non-hydrogen) atoms. The molecule has 0 unspecified atom stereocenters. The number of rotatable bonds is 0. The molecule has 0 aromatic carbocycles. The van der Waals surface area contributed by atoms with Crippen LogP contribution in [-0.4, -0.2) is 36.3 Å². The van der Waals surface area contributed by atoms with Crippen molar-refractivity contribution in [3.8, 4) is 0 Å². The van der Waals surface area contributed by atoms with Crippen LogP contribution in [-0.2, 0) is 4.74 Å². The zero-order valence-electron chi connectivity index (χ0n) is 4.54. The maximum atomic E-state index is 10.5. The van der Waals surface area contributed by atoms with E-state index >= 15 is 0 Å². The molecule has 0 aliphatic carbocycles. The SMILES string of the molecule is [O-][N+]1(O)CCOCC1. The Balaban J connectivity index is 2.33. The van der Waals surface area contributed by atoms with E-state index in [2.05, 4.69) is 0 Å². The molecule has 0 radical (unpaired) electrons. The summed E-state index contributed by atoms with van der Waals surface area (Å²) in [6.07, 6.45) is 0. The van der Waals surface area contributed by atoms with Crippen molar-refractivity contribution < 1.29 is 14.8 Å². The van der Waals surface area contributed by atoms with E-state index in [9.17, 15) is 5.21 Å². The van der Waals surface area contributed by atoms with Gasteiger partial charge in [-0.1, -0.05) is 0 Å². The molecule has 4 heteroatoms. The summed E-state index contributed by atoms with van der Waals surface area (Å²) in [7, 11) is 0. The fourth-order valence-corrected chi connectivity index (χ4v) is 0.628. The van der Waals surface area contributed by atoms with Crippen LogP contribution in [0.3, 0.4) is 0 Å². The number of nitrogens with zero attached hydrogens (tertiary/aromatic N) is 1. The lowest BCUT2D eigenvalue weighted by molar-refractivity contribution is -1.07. The van der Waals surface area contributed by atoms with E-state index in [0.29, 0.717) is 13.2 Å². The lowest BCUT2D eigenvalue weighted by Crippen LogP contribution is -2.47.